The van der Waals surface area contributed by atoms with E-state index in [9.17, 15) is 4.79 Å². The van der Waals surface area contributed by atoms with Gasteiger partial charge in [0, 0.05) is 0 Å². The van der Waals surface area contributed by atoms with E-state index < -0.39 is 12.0 Å². The van der Waals surface area contributed by atoms with Gasteiger partial charge in [0.2, 0.25) is 0 Å². The van der Waals surface area contributed by atoms with Crippen molar-refractivity contribution in [2.45, 2.75) is 40.2 Å². The molecule has 1 atom stereocenters. The van der Waals surface area contributed by atoms with Crippen LogP contribution in [-0.4, -0.2) is 17.1 Å². The lowest BCUT2D eigenvalue weighted by Gasteiger charge is -2.30. The van der Waals surface area contributed by atoms with Crippen molar-refractivity contribution in [2.24, 2.45) is 17.1 Å². The molecule has 0 aromatic rings. The molecule has 3 nitrogen and oxygen atoms in total. The summed E-state index contributed by atoms with van der Waals surface area (Å²) in [5.74, 6) is -0.439. The van der Waals surface area contributed by atoms with E-state index in [0.29, 0.717) is 5.92 Å². The third-order valence-corrected chi connectivity index (χ3v) is 2.04. The Morgan fingerprint density at radius 2 is 1.92 bits per heavy atom. The van der Waals surface area contributed by atoms with E-state index in [1.54, 1.807) is 0 Å². The summed E-state index contributed by atoms with van der Waals surface area (Å²) in [5.41, 5.74) is 5.22. The van der Waals surface area contributed by atoms with Crippen LogP contribution in [0.4, 0.5) is 0 Å². The van der Waals surface area contributed by atoms with Crippen molar-refractivity contribution < 1.29 is 9.90 Å². The average Bonchev–Trinajstić information content (AvgIpc) is 1.82. The van der Waals surface area contributed by atoms with Gasteiger partial charge in [0.15, 0.2) is 0 Å². The smallest absolute Gasteiger partial charge is 0.321 e. The number of nitrogens with two attached hydrogens (primary N) is 1. The Morgan fingerprint density at radius 3 is 2.17 bits per heavy atom. The summed E-state index contributed by atoms with van der Waals surface area (Å²) in [6.07, 6.45) is 0.834. The number of carboxylic acids is 1. The third kappa shape index (κ3) is 3.22. The van der Waals surface area contributed by atoms with Gasteiger partial charge in [0.1, 0.15) is 6.04 Å². The molecule has 0 aromatic carbocycles. The first kappa shape index (κ1) is 11.4. The van der Waals surface area contributed by atoms with Crippen LogP contribution in [-0.2, 0) is 4.79 Å². The van der Waals surface area contributed by atoms with E-state index in [1.807, 2.05) is 13.8 Å². The molecule has 0 spiro atoms. The predicted molar refractivity (Wildman–Crippen MR) is 48.8 cm³/mol. The minimum atomic E-state index is -0.916. The molecule has 0 unspecified atom stereocenters. The van der Waals surface area contributed by atoms with Gasteiger partial charge in [-0.1, -0.05) is 27.7 Å². The summed E-state index contributed by atoms with van der Waals surface area (Å²) in [6.45, 7) is 7.92. The number of carbonyl (C=O) groups is 1. The molecular formula is C9H19NO2. The molecule has 0 saturated heterocycles. The molecule has 3 N–H and O–H groups in total. The highest BCUT2D eigenvalue weighted by atomic mass is 16.4. The van der Waals surface area contributed by atoms with Gasteiger partial charge >= 0.3 is 5.97 Å². The Labute approximate surface area is 74.0 Å². The maximum Gasteiger partial charge on any atom is 0.321 e. The summed E-state index contributed by atoms with van der Waals surface area (Å²) >= 11 is 0. The predicted octanol–water partition coefficient (Wildman–Crippen LogP) is 1.47. The Morgan fingerprint density at radius 1 is 1.50 bits per heavy atom. The maximum atomic E-state index is 10.6. The Balaban J connectivity index is 4.28. The number of carboxylic acid groups (broad SMARTS) is 1. The summed E-state index contributed by atoms with van der Waals surface area (Å²) in [7, 11) is 0. The van der Waals surface area contributed by atoms with Gasteiger partial charge < -0.3 is 10.8 Å². The molecule has 0 rings (SSSR count). The summed E-state index contributed by atoms with van der Waals surface area (Å²) in [6, 6.07) is -0.764. The molecule has 12 heavy (non-hydrogen) atoms. The van der Waals surface area contributed by atoms with E-state index in [4.69, 9.17) is 10.8 Å². The van der Waals surface area contributed by atoms with Crippen LogP contribution in [0.5, 0.6) is 0 Å². The van der Waals surface area contributed by atoms with Crippen LogP contribution < -0.4 is 5.73 Å². The largest absolute Gasteiger partial charge is 0.480 e. The van der Waals surface area contributed by atoms with E-state index >= 15 is 0 Å². The molecule has 0 radical (unpaired) electrons. The summed E-state index contributed by atoms with van der Waals surface area (Å²) < 4.78 is 0. The van der Waals surface area contributed by atoms with Crippen molar-refractivity contribution >= 4 is 5.97 Å². The molecule has 0 aliphatic rings. The van der Waals surface area contributed by atoms with E-state index in [0.717, 1.165) is 6.42 Å². The second kappa shape index (κ2) is 3.90. The molecule has 3 heteroatoms. The van der Waals surface area contributed by atoms with Crippen molar-refractivity contribution in [2.75, 3.05) is 0 Å². The minimum Gasteiger partial charge on any atom is -0.480 e. The van der Waals surface area contributed by atoms with Crippen LogP contribution in [0.3, 0.4) is 0 Å². The third-order valence-electron chi connectivity index (χ3n) is 2.04. The quantitative estimate of drug-likeness (QED) is 0.676. The molecular weight excluding hydrogens is 154 g/mol. The SMILES string of the molecule is CC(C)CC(C)(C)[C@H](N)C(=O)O. The molecule has 0 aliphatic carbocycles. The Hall–Kier alpha value is -0.570. The number of aliphatic carboxylic acids is 1. The second-order valence-corrected chi connectivity index (χ2v) is 4.40. The Bertz CT molecular complexity index is 164. The lowest BCUT2D eigenvalue weighted by atomic mass is 9.78. The van der Waals surface area contributed by atoms with Crippen LogP contribution >= 0.6 is 0 Å². The van der Waals surface area contributed by atoms with Crippen molar-refractivity contribution in [1.82, 2.24) is 0 Å². The molecule has 0 fully saturated rings. The topological polar surface area (TPSA) is 63.3 Å². The average molecular weight is 173 g/mol. The van der Waals surface area contributed by atoms with Crippen molar-refractivity contribution in [3.63, 3.8) is 0 Å². The molecule has 72 valence electrons. The molecule has 0 aliphatic heterocycles. The van der Waals surface area contributed by atoms with Crippen molar-refractivity contribution in [3.8, 4) is 0 Å². The molecule has 0 heterocycles. The van der Waals surface area contributed by atoms with Gasteiger partial charge in [0.05, 0.1) is 0 Å². The van der Waals surface area contributed by atoms with E-state index in [1.165, 1.54) is 0 Å². The highest BCUT2D eigenvalue weighted by Crippen LogP contribution is 2.28. The normalized spacial score (nSPS) is 14.8. The number of hydrogen-bond acceptors (Lipinski definition) is 2. The molecule has 0 aromatic heterocycles. The van der Waals surface area contributed by atoms with Crippen LogP contribution in [0, 0.1) is 11.3 Å². The van der Waals surface area contributed by atoms with Gasteiger partial charge in [-0.2, -0.15) is 0 Å². The van der Waals surface area contributed by atoms with Crippen LogP contribution in [0.1, 0.15) is 34.1 Å². The highest BCUT2D eigenvalue weighted by Gasteiger charge is 2.32. The minimum absolute atomic E-state index is 0.319. The monoisotopic (exact) mass is 173 g/mol. The van der Waals surface area contributed by atoms with Crippen LogP contribution in [0.15, 0.2) is 0 Å². The fourth-order valence-electron chi connectivity index (χ4n) is 1.51. The van der Waals surface area contributed by atoms with Crippen molar-refractivity contribution in [1.29, 1.82) is 0 Å². The standard InChI is InChI=1S/C9H19NO2/c1-6(2)5-9(3,4)7(10)8(11)12/h6-7H,5,10H2,1-4H3,(H,11,12)/t7-/m1/s1. The van der Waals surface area contributed by atoms with Gasteiger partial charge in [-0.25, -0.2) is 0 Å². The highest BCUT2D eigenvalue weighted by molar-refractivity contribution is 5.74. The zero-order valence-electron chi connectivity index (χ0n) is 8.29. The first-order valence-electron chi connectivity index (χ1n) is 4.25. The number of rotatable bonds is 4. The van der Waals surface area contributed by atoms with Crippen molar-refractivity contribution in [3.05, 3.63) is 0 Å². The lowest BCUT2D eigenvalue weighted by Crippen LogP contribution is -2.44. The molecule has 0 bridgehead atoms. The van der Waals surface area contributed by atoms with Gasteiger partial charge in [-0.3, -0.25) is 4.79 Å². The van der Waals surface area contributed by atoms with Gasteiger partial charge in [-0.05, 0) is 17.8 Å². The zero-order chi connectivity index (χ0) is 9.94. The Kier molecular flexibility index (Phi) is 3.71. The van der Waals surface area contributed by atoms with Crippen LogP contribution in [0.2, 0.25) is 0 Å². The summed E-state index contributed by atoms with van der Waals surface area (Å²) in [4.78, 5) is 10.6. The summed E-state index contributed by atoms with van der Waals surface area (Å²) in [5, 5.41) is 8.71. The maximum absolute atomic E-state index is 10.6. The van der Waals surface area contributed by atoms with E-state index in [-0.39, 0.29) is 5.41 Å². The fourth-order valence-corrected chi connectivity index (χ4v) is 1.51. The fraction of sp³-hybridized carbons (Fsp3) is 0.889. The van der Waals surface area contributed by atoms with Gasteiger partial charge in [0.25, 0.3) is 0 Å². The van der Waals surface area contributed by atoms with Gasteiger partial charge in [-0.15, -0.1) is 0 Å². The van der Waals surface area contributed by atoms with E-state index in [2.05, 4.69) is 13.8 Å². The number of hydrogen-bond donors (Lipinski definition) is 2. The zero-order valence-corrected chi connectivity index (χ0v) is 8.29. The first-order chi connectivity index (χ1) is 5.27. The molecule has 0 amide bonds. The van der Waals surface area contributed by atoms with Crippen LogP contribution in [0.25, 0.3) is 0 Å². The molecule has 0 saturated carbocycles. The second-order valence-electron chi connectivity index (χ2n) is 4.40. The lowest BCUT2D eigenvalue weighted by molar-refractivity contribution is -0.141. The first-order valence-corrected chi connectivity index (χ1v) is 4.25.